The van der Waals surface area contributed by atoms with Crippen molar-refractivity contribution in [2.24, 2.45) is 23.2 Å². The first-order chi connectivity index (χ1) is 13.4. The van der Waals surface area contributed by atoms with Crippen LogP contribution in [0.2, 0.25) is 0 Å². The molecule has 1 aliphatic heterocycles. The molecule has 1 aromatic rings. The predicted octanol–water partition coefficient (Wildman–Crippen LogP) is 3.81. The van der Waals surface area contributed by atoms with Gasteiger partial charge in [-0.25, -0.2) is 8.42 Å². The molecule has 4 bridgehead atoms. The van der Waals surface area contributed by atoms with Crippen molar-refractivity contribution >= 4 is 15.7 Å². The van der Waals surface area contributed by atoms with Crippen LogP contribution in [-0.4, -0.2) is 37.6 Å². The highest BCUT2D eigenvalue weighted by atomic mass is 32.2. The Labute approximate surface area is 168 Å². The largest absolute Gasteiger partial charge is 0.342 e. The summed E-state index contributed by atoms with van der Waals surface area (Å²) in [5.74, 6) is 2.75. The van der Waals surface area contributed by atoms with E-state index in [1.54, 1.807) is 0 Å². The fourth-order valence-electron chi connectivity index (χ4n) is 7.05. The van der Waals surface area contributed by atoms with E-state index in [2.05, 4.69) is 0 Å². The topological polar surface area (TPSA) is 54.5 Å². The number of benzene rings is 1. The molecule has 4 aliphatic carbocycles. The zero-order valence-corrected chi connectivity index (χ0v) is 17.4. The van der Waals surface area contributed by atoms with E-state index >= 15 is 0 Å². The molecule has 1 saturated heterocycles. The number of nitrogens with zero attached hydrogens (tertiary/aromatic N) is 1. The number of piperidine rings is 1. The second-order valence-corrected chi connectivity index (χ2v) is 12.3. The van der Waals surface area contributed by atoms with Gasteiger partial charge in [-0.2, -0.15) is 0 Å². The summed E-state index contributed by atoms with van der Waals surface area (Å²) < 4.78 is 25.7. The van der Waals surface area contributed by atoms with Crippen LogP contribution in [0.3, 0.4) is 0 Å². The molecule has 1 aromatic carbocycles. The molecule has 5 aliphatic rings. The van der Waals surface area contributed by atoms with Gasteiger partial charge >= 0.3 is 0 Å². The highest BCUT2D eigenvalue weighted by molar-refractivity contribution is 7.91. The van der Waals surface area contributed by atoms with Crippen LogP contribution in [0, 0.1) is 23.2 Å². The predicted molar refractivity (Wildman–Crippen MR) is 109 cm³/mol. The Hall–Kier alpha value is -1.36. The van der Waals surface area contributed by atoms with E-state index in [4.69, 9.17) is 0 Å². The number of sulfone groups is 1. The van der Waals surface area contributed by atoms with Crippen LogP contribution in [-0.2, 0) is 20.4 Å². The van der Waals surface area contributed by atoms with E-state index in [9.17, 15) is 13.2 Å². The maximum atomic E-state index is 13.5. The molecule has 4 nitrogen and oxygen atoms in total. The first-order valence-electron chi connectivity index (χ1n) is 11.0. The van der Waals surface area contributed by atoms with E-state index in [1.807, 2.05) is 35.2 Å². The van der Waals surface area contributed by atoms with Crippen molar-refractivity contribution in [3.63, 3.8) is 0 Å². The first-order valence-corrected chi connectivity index (χ1v) is 12.7. The second kappa shape index (κ2) is 6.86. The molecule has 0 aromatic heterocycles. The van der Waals surface area contributed by atoms with Gasteiger partial charge in [0, 0.05) is 13.1 Å². The van der Waals surface area contributed by atoms with Crippen LogP contribution in [0.15, 0.2) is 30.3 Å². The molecule has 0 N–H and O–H groups in total. The Morgan fingerprint density at radius 1 is 0.929 bits per heavy atom. The normalized spacial score (nSPS) is 35.3. The lowest BCUT2D eigenvalue weighted by Crippen LogP contribution is -2.56. The third-order valence-electron chi connectivity index (χ3n) is 7.94. The third-order valence-corrected chi connectivity index (χ3v) is 10.2. The Kier molecular flexibility index (Phi) is 4.57. The number of amides is 1. The minimum absolute atomic E-state index is 0.107. The Bertz CT molecular complexity index is 805. The van der Waals surface area contributed by atoms with E-state index in [-0.39, 0.29) is 16.4 Å². The first kappa shape index (κ1) is 18.7. The quantitative estimate of drug-likeness (QED) is 0.771. The van der Waals surface area contributed by atoms with Gasteiger partial charge in [0.25, 0.3) is 0 Å². The minimum Gasteiger partial charge on any atom is -0.342 e. The molecule has 6 rings (SSSR count). The van der Waals surface area contributed by atoms with Crippen LogP contribution in [0.25, 0.3) is 0 Å². The standard InChI is InChI=1S/C23H31NO3S/c25-22(23-13-18-10-19(14-23)12-20(11-18)15-23)24-8-6-21(7-9-24)28(26,27)16-17-4-2-1-3-5-17/h1-5,18-21H,6-16H2. The highest BCUT2D eigenvalue weighted by Crippen LogP contribution is 2.60. The fourth-order valence-corrected chi connectivity index (χ4v) is 8.87. The van der Waals surface area contributed by atoms with Crippen molar-refractivity contribution in [3.05, 3.63) is 35.9 Å². The van der Waals surface area contributed by atoms with Crippen LogP contribution in [0.4, 0.5) is 0 Å². The summed E-state index contributed by atoms with van der Waals surface area (Å²) in [6, 6.07) is 9.44. The lowest BCUT2D eigenvalue weighted by atomic mass is 9.49. The van der Waals surface area contributed by atoms with Gasteiger partial charge in [0.15, 0.2) is 9.84 Å². The Balaban J connectivity index is 1.23. The lowest BCUT2D eigenvalue weighted by Gasteiger charge is -2.57. The third kappa shape index (κ3) is 3.30. The Morgan fingerprint density at radius 2 is 1.46 bits per heavy atom. The monoisotopic (exact) mass is 401 g/mol. The van der Waals surface area contributed by atoms with Gasteiger partial charge in [-0.1, -0.05) is 30.3 Å². The van der Waals surface area contributed by atoms with Gasteiger partial charge in [0.1, 0.15) is 0 Å². The van der Waals surface area contributed by atoms with Gasteiger partial charge in [0.05, 0.1) is 16.4 Å². The maximum Gasteiger partial charge on any atom is 0.228 e. The maximum absolute atomic E-state index is 13.5. The van der Waals surface area contributed by atoms with Crippen LogP contribution in [0.1, 0.15) is 56.9 Å². The molecule has 1 amide bonds. The summed E-state index contributed by atoms with van der Waals surface area (Å²) in [4.78, 5) is 15.5. The molecule has 28 heavy (non-hydrogen) atoms. The molecule has 5 heteroatoms. The van der Waals surface area contributed by atoms with Crippen molar-refractivity contribution < 1.29 is 13.2 Å². The number of hydrogen-bond acceptors (Lipinski definition) is 3. The van der Waals surface area contributed by atoms with Crippen molar-refractivity contribution in [2.45, 2.75) is 62.4 Å². The average Bonchev–Trinajstić information content (AvgIpc) is 2.67. The molecule has 0 atom stereocenters. The van der Waals surface area contributed by atoms with Crippen molar-refractivity contribution in [2.75, 3.05) is 13.1 Å². The molecule has 152 valence electrons. The van der Waals surface area contributed by atoms with Crippen molar-refractivity contribution in [3.8, 4) is 0 Å². The fraction of sp³-hybridized carbons (Fsp3) is 0.696. The summed E-state index contributed by atoms with van der Waals surface area (Å²) in [6.45, 7) is 1.22. The number of hydrogen-bond donors (Lipinski definition) is 0. The van der Waals surface area contributed by atoms with Gasteiger partial charge < -0.3 is 4.90 Å². The number of carbonyl (C=O) groups is 1. The molecule has 4 saturated carbocycles. The minimum atomic E-state index is -3.17. The van der Waals surface area contributed by atoms with Crippen LogP contribution < -0.4 is 0 Å². The van der Waals surface area contributed by atoms with Crippen LogP contribution in [0.5, 0.6) is 0 Å². The molecular weight excluding hydrogens is 370 g/mol. The molecule has 5 fully saturated rings. The van der Waals surface area contributed by atoms with E-state index in [1.165, 1.54) is 19.3 Å². The zero-order valence-electron chi connectivity index (χ0n) is 16.6. The highest BCUT2D eigenvalue weighted by Gasteiger charge is 2.55. The van der Waals surface area contributed by atoms with Crippen molar-refractivity contribution in [1.29, 1.82) is 0 Å². The van der Waals surface area contributed by atoms with Gasteiger partial charge in [0.2, 0.25) is 5.91 Å². The van der Waals surface area contributed by atoms with Gasteiger partial charge in [-0.05, 0) is 74.7 Å². The summed E-state index contributed by atoms with van der Waals surface area (Å²) in [6.07, 6.45) is 8.46. The summed E-state index contributed by atoms with van der Waals surface area (Å²) >= 11 is 0. The Morgan fingerprint density at radius 3 is 2.00 bits per heavy atom. The summed E-state index contributed by atoms with van der Waals surface area (Å²) in [5, 5.41) is -0.312. The number of likely N-dealkylation sites (tertiary alicyclic amines) is 1. The molecule has 0 radical (unpaired) electrons. The average molecular weight is 402 g/mol. The molecule has 1 heterocycles. The molecule has 0 spiro atoms. The second-order valence-electron chi connectivity index (χ2n) is 9.98. The smallest absolute Gasteiger partial charge is 0.228 e. The SMILES string of the molecule is O=C(N1CCC(S(=O)(=O)Cc2ccccc2)CC1)C12CC3CC(CC(C3)C1)C2. The molecule has 0 unspecified atom stereocenters. The van der Waals surface area contributed by atoms with Crippen molar-refractivity contribution in [1.82, 2.24) is 4.90 Å². The lowest BCUT2D eigenvalue weighted by molar-refractivity contribution is -0.158. The zero-order chi connectivity index (χ0) is 19.4. The molecular formula is C23H31NO3S. The summed E-state index contributed by atoms with van der Waals surface area (Å²) in [5.41, 5.74) is 0.749. The van der Waals surface area contributed by atoms with E-state index in [0.29, 0.717) is 31.8 Å². The van der Waals surface area contributed by atoms with Gasteiger partial charge in [-0.15, -0.1) is 0 Å². The van der Waals surface area contributed by atoms with Crippen LogP contribution >= 0.6 is 0 Å². The van der Waals surface area contributed by atoms with Gasteiger partial charge in [-0.3, -0.25) is 4.79 Å². The summed E-state index contributed by atoms with van der Waals surface area (Å²) in [7, 11) is -3.17. The number of carbonyl (C=O) groups excluding carboxylic acids is 1. The van der Waals surface area contributed by atoms with E-state index in [0.717, 1.165) is 42.6 Å². The number of rotatable bonds is 4. The van der Waals surface area contributed by atoms with E-state index < -0.39 is 9.84 Å².